The maximum Gasteiger partial charge on any atom is 0.0919 e. The summed E-state index contributed by atoms with van der Waals surface area (Å²) in [6.45, 7) is 0. The summed E-state index contributed by atoms with van der Waals surface area (Å²) in [6, 6.07) is 10.2. The second-order valence-corrected chi connectivity index (χ2v) is 7.18. The minimum absolute atomic E-state index is 0.827. The summed E-state index contributed by atoms with van der Waals surface area (Å²) >= 11 is 0. The average Bonchev–Trinajstić information content (AvgIpc) is 2.54. The molecule has 1 heterocycles. The van der Waals surface area contributed by atoms with Gasteiger partial charge in [-0.1, -0.05) is 30.3 Å². The van der Waals surface area contributed by atoms with E-state index in [0.717, 1.165) is 18.5 Å². The third kappa shape index (κ3) is 2.22. The van der Waals surface area contributed by atoms with Crippen molar-refractivity contribution < 1.29 is 4.57 Å². The summed E-state index contributed by atoms with van der Waals surface area (Å²) in [4.78, 5) is 0. The Labute approximate surface area is 79.5 Å². The highest BCUT2D eigenvalue weighted by molar-refractivity contribution is 7.63. The maximum atomic E-state index is 12.2. The topological polar surface area (TPSA) is 17.1 Å². The van der Waals surface area contributed by atoms with Crippen LogP contribution in [0.1, 0.15) is 18.4 Å². The smallest absolute Gasteiger partial charge is 0.0919 e. The molecule has 0 saturated carbocycles. The number of hydrogen-bond acceptors (Lipinski definition) is 1. The molecule has 0 unspecified atom stereocenters. The highest BCUT2D eigenvalue weighted by Gasteiger charge is 2.26. The van der Waals surface area contributed by atoms with Gasteiger partial charge in [0.05, 0.1) is 7.14 Å². The second kappa shape index (κ2) is 3.67. The van der Waals surface area contributed by atoms with Crippen molar-refractivity contribution in [1.29, 1.82) is 0 Å². The Morgan fingerprint density at radius 2 is 1.69 bits per heavy atom. The van der Waals surface area contributed by atoms with Crippen molar-refractivity contribution in [2.45, 2.75) is 19.0 Å². The Balaban J connectivity index is 2.10. The Kier molecular flexibility index (Phi) is 2.55. The molecule has 0 amide bonds. The molecule has 1 saturated heterocycles. The first-order valence-corrected chi connectivity index (χ1v) is 7.16. The van der Waals surface area contributed by atoms with Crippen LogP contribution in [0.3, 0.4) is 0 Å². The van der Waals surface area contributed by atoms with Gasteiger partial charge in [-0.15, -0.1) is 0 Å². The minimum atomic E-state index is -1.79. The van der Waals surface area contributed by atoms with Gasteiger partial charge in [-0.3, -0.25) is 0 Å². The van der Waals surface area contributed by atoms with Crippen molar-refractivity contribution >= 4 is 7.14 Å². The summed E-state index contributed by atoms with van der Waals surface area (Å²) < 4.78 is 12.2. The van der Waals surface area contributed by atoms with E-state index in [1.807, 2.05) is 18.2 Å². The van der Waals surface area contributed by atoms with Gasteiger partial charge >= 0.3 is 0 Å². The van der Waals surface area contributed by atoms with E-state index in [9.17, 15) is 4.57 Å². The lowest BCUT2D eigenvalue weighted by atomic mass is 10.2. The molecule has 1 aromatic carbocycles. The van der Waals surface area contributed by atoms with E-state index < -0.39 is 7.14 Å². The molecule has 0 bridgehead atoms. The molecule has 1 aliphatic rings. The molecule has 70 valence electrons. The normalized spacial score (nSPS) is 20.3. The zero-order valence-corrected chi connectivity index (χ0v) is 8.67. The molecule has 0 aromatic heterocycles. The van der Waals surface area contributed by atoms with Gasteiger partial charge in [0.25, 0.3) is 0 Å². The summed E-state index contributed by atoms with van der Waals surface area (Å²) in [5.41, 5.74) is 1.24. The van der Waals surface area contributed by atoms with Crippen LogP contribution >= 0.6 is 7.14 Å². The van der Waals surface area contributed by atoms with E-state index in [-0.39, 0.29) is 0 Å². The van der Waals surface area contributed by atoms with E-state index in [2.05, 4.69) is 12.1 Å². The Bertz CT molecular complexity index is 308. The fraction of sp³-hybridized carbons (Fsp3) is 0.455. The van der Waals surface area contributed by atoms with E-state index in [1.54, 1.807) is 0 Å². The van der Waals surface area contributed by atoms with Crippen LogP contribution in [0.5, 0.6) is 0 Å². The zero-order chi connectivity index (χ0) is 9.15. The molecule has 1 fully saturated rings. The molecule has 0 radical (unpaired) electrons. The first kappa shape index (κ1) is 9.02. The van der Waals surface area contributed by atoms with E-state index in [1.165, 1.54) is 18.4 Å². The van der Waals surface area contributed by atoms with Crippen LogP contribution in [0.4, 0.5) is 0 Å². The summed E-state index contributed by atoms with van der Waals surface area (Å²) in [7, 11) is -1.79. The van der Waals surface area contributed by atoms with Crippen LogP contribution in [-0.4, -0.2) is 12.3 Å². The highest BCUT2D eigenvalue weighted by Crippen LogP contribution is 2.54. The van der Waals surface area contributed by atoms with Crippen molar-refractivity contribution in [3.63, 3.8) is 0 Å². The van der Waals surface area contributed by atoms with Gasteiger partial charge in [0.15, 0.2) is 0 Å². The van der Waals surface area contributed by atoms with Crippen LogP contribution in [0.25, 0.3) is 0 Å². The average molecular weight is 194 g/mol. The number of rotatable bonds is 2. The largest absolute Gasteiger partial charge is 0.323 e. The molecule has 0 aliphatic carbocycles. The van der Waals surface area contributed by atoms with Gasteiger partial charge in [-0.2, -0.15) is 0 Å². The minimum Gasteiger partial charge on any atom is -0.323 e. The monoisotopic (exact) mass is 194 g/mol. The lowest BCUT2D eigenvalue weighted by molar-refractivity contribution is 0.578. The second-order valence-electron chi connectivity index (χ2n) is 3.86. The molecule has 13 heavy (non-hydrogen) atoms. The van der Waals surface area contributed by atoms with Crippen LogP contribution < -0.4 is 0 Å². The molecule has 1 aromatic rings. The van der Waals surface area contributed by atoms with Gasteiger partial charge < -0.3 is 4.57 Å². The van der Waals surface area contributed by atoms with Crippen molar-refractivity contribution in [3.8, 4) is 0 Å². The van der Waals surface area contributed by atoms with Crippen molar-refractivity contribution in [1.82, 2.24) is 0 Å². The van der Waals surface area contributed by atoms with Gasteiger partial charge in [-0.05, 0) is 18.4 Å². The third-order valence-electron chi connectivity index (χ3n) is 2.69. The summed E-state index contributed by atoms with van der Waals surface area (Å²) in [5, 5.41) is 0. The zero-order valence-electron chi connectivity index (χ0n) is 7.78. The molecule has 1 nitrogen and oxygen atoms in total. The van der Waals surface area contributed by atoms with Gasteiger partial charge in [0.1, 0.15) is 0 Å². The predicted molar refractivity (Wildman–Crippen MR) is 56.7 cm³/mol. The van der Waals surface area contributed by atoms with Gasteiger partial charge in [0, 0.05) is 18.5 Å². The Morgan fingerprint density at radius 1 is 1.08 bits per heavy atom. The van der Waals surface area contributed by atoms with Crippen LogP contribution in [0.2, 0.25) is 0 Å². The van der Waals surface area contributed by atoms with E-state index in [0.29, 0.717) is 0 Å². The van der Waals surface area contributed by atoms with Gasteiger partial charge in [-0.25, -0.2) is 0 Å². The highest BCUT2D eigenvalue weighted by atomic mass is 31.2. The van der Waals surface area contributed by atoms with E-state index in [4.69, 9.17) is 0 Å². The molecular weight excluding hydrogens is 179 g/mol. The predicted octanol–water partition coefficient (Wildman–Crippen LogP) is 3.34. The first-order chi connectivity index (χ1) is 6.29. The lowest BCUT2D eigenvalue weighted by Crippen LogP contribution is -1.89. The summed E-state index contributed by atoms with van der Waals surface area (Å²) in [5.74, 6) is 0. The number of benzene rings is 1. The first-order valence-electron chi connectivity index (χ1n) is 4.90. The quantitative estimate of drug-likeness (QED) is 0.660. The molecule has 0 spiro atoms. The fourth-order valence-corrected chi connectivity index (χ4v) is 5.00. The molecule has 0 atom stereocenters. The molecule has 0 N–H and O–H groups in total. The van der Waals surface area contributed by atoms with Crippen molar-refractivity contribution in [3.05, 3.63) is 35.9 Å². The van der Waals surface area contributed by atoms with Crippen molar-refractivity contribution in [2.24, 2.45) is 0 Å². The van der Waals surface area contributed by atoms with Crippen LogP contribution in [0.15, 0.2) is 30.3 Å². The Hall–Kier alpha value is -0.550. The van der Waals surface area contributed by atoms with E-state index >= 15 is 0 Å². The van der Waals surface area contributed by atoms with Crippen LogP contribution in [-0.2, 0) is 10.7 Å². The summed E-state index contributed by atoms with van der Waals surface area (Å²) in [6.07, 6.45) is 5.12. The van der Waals surface area contributed by atoms with Crippen LogP contribution in [0, 0.1) is 0 Å². The molecule has 2 heteroatoms. The lowest BCUT2D eigenvalue weighted by Gasteiger charge is -2.10. The number of hydrogen-bond donors (Lipinski definition) is 0. The third-order valence-corrected chi connectivity index (χ3v) is 5.90. The SMILES string of the molecule is O=P1(Cc2ccccc2)CCCC1. The molecule has 1 aliphatic heterocycles. The maximum absolute atomic E-state index is 12.2. The fourth-order valence-electron chi connectivity index (χ4n) is 1.99. The Morgan fingerprint density at radius 3 is 2.31 bits per heavy atom. The molecule has 2 rings (SSSR count). The van der Waals surface area contributed by atoms with Crippen molar-refractivity contribution in [2.75, 3.05) is 12.3 Å². The van der Waals surface area contributed by atoms with Gasteiger partial charge in [0.2, 0.25) is 0 Å². The molecular formula is C11H15OP. The standard InChI is InChI=1S/C11H15OP/c12-13(8-4-5-9-13)10-11-6-2-1-3-7-11/h1-3,6-7H,4-5,8-10H2.